The number of primary amides is 1. The molecular weight excluding hydrogens is 206 g/mol. The van der Waals surface area contributed by atoms with Crippen molar-refractivity contribution in [1.29, 1.82) is 0 Å². The molecule has 5 nitrogen and oxygen atoms in total. The van der Waals surface area contributed by atoms with Crippen molar-refractivity contribution in [3.05, 3.63) is 30.0 Å². The van der Waals surface area contributed by atoms with Crippen LogP contribution in [0.1, 0.15) is 16.9 Å². The van der Waals surface area contributed by atoms with Gasteiger partial charge >= 0.3 is 0 Å². The largest absolute Gasteiger partial charge is 0.396 e. The van der Waals surface area contributed by atoms with Crippen LogP contribution in [-0.2, 0) is 6.54 Å². The van der Waals surface area contributed by atoms with E-state index in [0.29, 0.717) is 13.0 Å². The molecule has 0 atom stereocenters. The molecule has 1 amide bonds. The molecule has 2 aromatic rings. The number of carbonyl (C=O) groups excluding carboxylic acids is 1. The van der Waals surface area contributed by atoms with Crippen molar-refractivity contribution in [2.45, 2.75) is 13.0 Å². The van der Waals surface area contributed by atoms with Crippen molar-refractivity contribution in [1.82, 2.24) is 9.78 Å². The summed E-state index contributed by atoms with van der Waals surface area (Å²) < 4.78 is 1.70. The maximum atomic E-state index is 11.2. The lowest BCUT2D eigenvalue weighted by Crippen LogP contribution is -2.13. The van der Waals surface area contributed by atoms with Crippen molar-refractivity contribution in [3.8, 4) is 0 Å². The second-order valence-electron chi connectivity index (χ2n) is 3.53. The molecule has 16 heavy (non-hydrogen) atoms. The second kappa shape index (κ2) is 4.32. The van der Waals surface area contributed by atoms with Gasteiger partial charge in [0.05, 0.1) is 5.52 Å². The van der Waals surface area contributed by atoms with Crippen LogP contribution in [0, 0.1) is 0 Å². The quantitative estimate of drug-likeness (QED) is 0.786. The zero-order valence-electron chi connectivity index (χ0n) is 8.76. The second-order valence-corrected chi connectivity index (χ2v) is 3.53. The zero-order chi connectivity index (χ0) is 11.5. The number of para-hydroxylation sites is 1. The van der Waals surface area contributed by atoms with Gasteiger partial charge in [0.15, 0.2) is 5.69 Å². The Morgan fingerprint density at radius 3 is 2.88 bits per heavy atom. The van der Waals surface area contributed by atoms with E-state index in [0.717, 1.165) is 10.9 Å². The Bertz CT molecular complexity index is 519. The Labute approximate surface area is 92.5 Å². The molecular formula is C11H13N3O2. The molecule has 0 fully saturated rings. The van der Waals surface area contributed by atoms with E-state index in [2.05, 4.69) is 5.10 Å². The van der Waals surface area contributed by atoms with Crippen molar-refractivity contribution in [3.63, 3.8) is 0 Å². The average Bonchev–Trinajstić information content (AvgIpc) is 2.65. The maximum Gasteiger partial charge on any atom is 0.269 e. The van der Waals surface area contributed by atoms with Gasteiger partial charge in [-0.3, -0.25) is 9.48 Å². The standard InChI is InChI=1S/C11H13N3O2/c12-11(16)10-8-4-1-2-5-9(8)14(13-10)6-3-7-15/h1-2,4-5,15H,3,6-7H2,(H2,12,16). The Balaban J connectivity index is 2.53. The number of amides is 1. The van der Waals surface area contributed by atoms with Crippen LogP contribution in [0.4, 0.5) is 0 Å². The van der Waals surface area contributed by atoms with E-state index >= 15 is 0 Å². The molecule has 5 heteroatoms. The fraction of sp³-hybridized carbons (Fsp3) is 0.273. The fourth-order valence-electron chi connectivity index (χ4n) is 1.70. The summed E-state index contributed by atoms with van der Waals surface area (Å²) >= 11 is 0. The smallest absolute Gasteiger partial charge is 0.269 e. The summed E-state index contributed by atoms with van der Waals surface area (Å²) in [6, 6.07) is 7.42. The summed E-state index contributed by atoms with van der Waals surface area (Å²) in [7, 11) is 0. The first-order chi connectivity index (χ1) is 7.74. The molecule has 0 unspecified atom stereocenters. The molecule has 2 rings (SSSR count). The molecule has 1 aromatic carbocycles. The number of benzene rings is 1. The number of nitrogens with zero attached hydrogens (tertiary/aromatic N) is 2. The predicted octanol–water partition coefficient (Wildman–Crippen LogP) is 0.518. The molecule has 0 spiro atoms. The minimum absolute atomic E-state index is 0.0973. The first-order valence-electron chi connectivity index (χ1n) is 5.10. The number of aryl methyl sites for hydroxylation is 1. The van der Waals surface area contributed by atoms with Gasteiger partial charge in [0.25, 0.3) is 5.91 Å². The summed E-state index contributed by atoms with van der Waals surface area (Å²) in [4.78, 5) is 11.2. The molecule has 0 saturated carbocycles. The van der Waals surface area contributed by atoms with E-state index < -0.39 is 5.91 Å². The van der Waals surface area contributed by atoms with Gasteiger partial charge in [0, 0.05) is 18.5 Å². The van der Waals surface area contributed by atoms with Gasteiger partial charge in [0.1, 0.15) is 0 Å². The minimum atomic E-state index is -0.529. The topological polar surface area (TPSA) is 81.1 Å². The van der Waals surface area contributed by atoms with Crippen molar-refractivity contribution in [2.75, 3.05) is 6.61 Å². The highest BCUT2D eigenvalue weighted by Gasteiger charge is 2.13. The summed E-state index contributed by atoms with van der Waals surface area (Å²) in [6.07, 6.45) is 0.601. The van der Waals surface area contributed by atoms with Crippen LogP contribution in [0.3, 0.4) is 0 Å². The van der Waals surface area contributed by atoms with E-state index in [-0.39, 0.29) is 12.3 Å². The number of aliphatic hydroxyl groups is 1. The van der Waals surface area contributed by atoms with E-state index in [4.69, 9.17) is 10.8 Å². The molecule has 0 aliphatic heterocycles. The highest BCUT2D eigenvalue weighted by molar-refractivity contribution is 6.04. The summed E-state index contributed by atoms with van der Waals surface area (Å²) in [5.74, 6) is -0.529. The number of aromatic nitrogens is 2. The lowest BCUT2D eigenvalue weighted by atomic mass is 10.2. The third-order valence-electron chi connectivity index (χ3n) is 2.42. The first kappa shape index (κ1) is 10.6. The van der Waals surface area contributed by atoms with E-state index in [1.165, 1.54) is 0 Å². The van der Waals surface area contributed by atoms with E-state index in [1.807, 2.05) is 24.3 Å². The average molecular weight is 219 g/mol. The van der Waals surface area contributed by atoms with Crippen LogP contribution >= 0.6 is 0 Å². The highest BCUT2D eigenvalue weighted by atomic mass is 16.3. The third-order valence-corrected chi connectivity index (χ3v) is 2.42. The Morgan fingerprint density at radius 1 is 1.44 bits per heavy atom. The molecule has 0 saturated heterocycles. The van der Waals surface area contributed by atoms with E-state index in [1.54, 1.807) is 4.68 Å². The van der Waals surface area contributed by atoms with Crippen molar-refractivity contribution < 1.29 is 9.90 Å². The van der Waals surface area contributed by atoms with Crippen LogP contribution in [0.25, 0.3) is 10.9 Å². The summed E-state index contributed by atoms with van der Waals surface area (Å²) in [5, 5.41) is 13.7. The van der Waals surface area contributed by atoms with Gasteiger partial charge in [0.2, 0.25) is 0 Å². The van der Waals surface area contributed by atoms with Crippen LogP contribution in [-0.4, -0.2) is 27.4 Å². The Hall–Kier alpha value is -1.88. The van der Waals surface area contributed by atoms with Crippen LogP contribution in [0.15, 0.2) is 24.3 Å². The predicted molar refractivity (Wildman–Crippen MR) is 60.0 cm³/mol. The molecule has 0 aliphatic carbocycles. The lowest BCUT2D eigenvalue weighted by molar-refractivity contribution is 0.0996. The SMILES string of the molecule is NC(=O)c1nn(CCCO)c2ccccc12. The number of aliphatic hydroxyl groups excluding tert-OH is 1. The van der Waals surface area contributed by atoms with Gasteiger partial charge in [-0.1, -0.05) is 18.2 Å². The minimum Gasteiger partial charge on any atom is -0.396 e. The number of hydrogen-bond acceptors (Lipinski definition) is 3. The third kappa shape index (κ3) is 1.77. The fourth-order valence-corrected chi connectivity index (χ4v) is 1.70. The highest BCUT2D eigenvalue weighted by Crippen LogP contribution is 2.18. The maximum absolute atomic E-state index is 11.2. The number of hydrogen-bond donors (Lipinski definition) is 2. The number of rotatable bonds is 4. The molecule has 84 valence electrons. The summed E-state index contributed by atoms with van der Waals surface area (Å²) in [5.41, 5.74) is 6.41. The molecule has 1 heterocycles. The van der Waals surface area contributed by atoms with Crippen LogP contribution in [0.2, 0.25) is 0 Å². The zero-order valence-corrected chi connectivity index (χ0v) is 8.76. The summed E-state index contributed by atoms with van der Waals surface area (Å²) in [6.45, 7) is 0.671. The van der Waals surface area contributed by atoms with Crippen molar-refractivity contribution >= 4 is 16.8 Å². The number of carbonyl (C=O) groups is 1. The monoisotopic (exact) mass is 219 g/mol. The molecule has 1 aromatic heterocycles. The molecule has 0 radical (unpaired) electrons. The Morgan fingerprint density at radius 2 is 2.19 bits per heavy atom. The van der Waals surface area contributed by atoms with Crippen LogP contribution in [0.5, 0.6) is 0 Å². The van der Waals surface area contributed by atoms with E-state index in [9.17, 15) is 4.79 Å². The lowest BCUT2D eigenvalue weighted by Gasteiger charge is -2.00. The molecule has 0 bridgehead atoms. The Kier molecular flexibility index (Phi) is 2.87. The van der Waals surface area contributed by atoms with Gasteiger partial charge in [-0.15, -0.1) is 0 Å². The van der Waals surface area contributed by atoms with Gasteiger partial charge < -0.3 is 10.8 Å². The molecule has 3 N–H and O–H groups in total. The van der Waals surface area contributed by atoms with Crippen LogP contribution < -0.4 is 5.73 Å². The van der Waals surface area contributed by atoms with Gasteiger partial charge in [-0.2, -0.15) is 5.10 Å². The number of fused-ring (bicyclic) bond motifs is 1. The van der Waals surface area contributed by atoms with Gasteiger partial charge in [-0.05, 0) is 12.5 Å². The first-order valence-corrected chi connectivity index (χ1v) is 5.10. The van der Waals surface area contributed by atoms with Gasteiger partial charge in [-0.25, -0.2) is 0 Å². The molecule has 0 aliphatic rings. The van der Waals surface area contributed by atoms with Crippen molar-refractivity contribution in [2.24, 2.45) is 5.73 Å². The number of nitrogens with two attached hydrogens (primary N) is 1. The normalized spacial score (nSPS) is 10.8.